The third-order valence-electron chi connectivity index (χ3n) is 5.30. The van der Waals surface area contributed by atoms with Crippen LogP contribution in [0.1, 0.15) is 26.2 Å². The number of carbonyl (C=O) groups excluding carboxylic acids is 1. The van der Waals surface area contributed by atoms with Crippen LogP contribution < -0.4 is 15.0 Å². The van der Waals surface area contributed by atoms with Crippen LogP contribution >= 0.6 is 11.3 Å². The SMILES string of the molecule is CCCNC(=O)C1CCN(c2nc3ccc(-c4cccc(OC)c4)nc3s2)CC1. The van der Waals surface area contributed by atoms with E-state index in [4.69, 9.17) is 14.7 Å². The summed E-state index contributed by atoms with van der Waals surface area (Å²) < 4.78 is 5.32. The minimum atomic E-state index is 0.116. The molecule has 0 saturated carbocycles. The second-order valence-electron chi connectivity index (χ2n) is 7.30. The number of benzene rings is 1. The molecule has 1 aromatic carbocycles. The number of hydrogen-bond donors (Lipinski definition) is 1. The Morgan fingerprint density at radius 1 is 1.24 bits per heavy atom. The molecule has 152 valence electrons. The average Bonchev–Trinajstić information content (AvgIpc) is 3.21. The van der Waals surface area contributed by atoms with Crippen molar-refractivity contribution >= 4 is 32.7 Å². The number of methoxy groups -OCH3 is 1. The van der Waals surface area contributed by atoms with E-state index >= 15 is 0 Å². The first kappa shape index (κ1) is 19.6. The molecule has 6 nitrogen and oxygen atoms in total. The van der Waals surface area contributed by atoms with Crippen molar-refractivity contribution in [1.29, 1.82) is 0 Å². The van der Waals surface area contributed by atoms with Crippen LogP contribution in [-0.2, 0) is 4.79 Å². The first-order valence-electron chi connectivity index (χ1n) is 10.1. The Labute approximate surface area is 174 Å². The standard InChI is InChI=1S/C22H26N4O2S/c1-3-11-23-20(27)15-9-12-26(13-10-15)22-25-19-8-7-18(24-21(19)29-22)16-5-4-6-17(14-16)28-2/h4-8,14-15H,3,9-13H2,1-2H3,(H,23,27). The van der Waals surface area contributed by atoms with Crippen molar-refractivity contribution in [2.24, 2.45) is 5.92 Å². The number of pyridine rings is 1. The second-order valence-corrected chi connectivity index (χ2v) is 8.26. The molecule has 1 saturated heterocycles. The quantitative estimate of drug-likeness (QED) is 0.662. The Bertz CT molecular complexity index is 995. The lowest BCUT2D eigenvalue weighted by atomic mass is 9.96. The van der Waals surface area contributed by atoms with Crippen LogP contribution in [-0.4, -0.2) is 42.6 Å². The number of amides is 1. The molecular weight excluding hydrogens is 384 g/mol. The Hall–Kier alpha value is -2.67. The van der Waals surface area contributed by atoms with Gasteiger partial charge in [-0.15, -0.1) is 0 Å². The number of thiazole rings is 1. The number of piperidine rings is 1. The van der Waals surface area contributed by atoms with Crippen molar-refractivity contribution in [3.05, 3.63) is 36.4 Å². The lowest BCUT2D eigenvalue weighted by molar-refractivity contribution is -0.125. The summed E-state index contributed by atoms with van der Waals surface area (Å²) in [5, 5.41) is 4.01. The zero-order chi connectivity index (χ0) is 20.2. The van der Waals surface area contributed by atoms with Gasteiger partial charge in [0.15, 0.2) is 5.13 Å². The summed E-state index contributed by atoms with van der Waals surface area (Å²) in [5.74, 6) is 1.13. The van der Waals surface area contributed by atoms with Crippen molar-refractivity contribution in [1.82, 2.24) is 15.3 Å². The maximum atomic E-state index is 12.2. The van der Waals surface area contributed by atoms with Gasteiger partial charge in [-0.3, -0.25) is 4.79 Å². The van der Waals surface area contributed by atoms with Crippen molar-refractivity contribution in [2.45, 2.75) is 26.2 Å². The highest BCUT2D eigenvalue weighted by Crippen LogP contribution is 2.32. The highest BCUT2D eigenvalue weighted by atomic mass is 32.1. The third-order valence-corrected chi connectivity index (χ3v) is 6.32. The summed E-state index contributed by atoms with van der Waals surface area (Å²) in [6, 6.07) is 12.0. The molecule has 0 bridgehead atoms. The summed E-state index contributed by atoms with van der Waals surface area (Å²) in [7, 11) is 1.67. The summed E-state index contributed by atoms with van der Waals surface area (Å²) >= 11 is 1.62. The maximum absolute atomic E-state index is 12.2. The van der Waals surface area contributed by atoms with E-state index in [0.717, 1.165) is 71.4 Å². The van der Waals surface area contributed by atoms with Crippen molar-refractivity contribution in [3.63, 3.8) is 0 Å². The lowest BCUT2D eigenvalue weighted by Gasteiger charge is -2.30. The number of fused-ring (bicyclic) bond motifs is 1. The topological polar surface area (TPSA) is 67.4 Å². The molecule has 1 aliphatic rings. The van der Waals surface area contributed by atoms with Crippen LogP contribution in [0.3, 0.4) is 0 Å². The predicted octanol–water partition coefficient (Wildman–Crippen LogP) is 4.11. The molecule has 4 rings (SSSR count). The van der Waals surface area contributed by atoms with Crippen molar-refractivity contribution < 1.29 is 9.53 Å². The molecule has 3 heterocycles. The number of aromatic nitrogens is 2. The maximum Gasteiger partial charge on any atom is 0.223 e. The van der Waals surface area contributed by atoms with Crippen LogP contribution in [0.15, 0.2) is 36.4 Å². The van der Waals surface area contributed by atoms with Gasteiger partial charge >= 0.3 is 0 Å². The van der Waals surface area contributed by atoms with Crippen LogP contribution in [0, 0.1) is 5.92 Å². The number of anilines is 1. The number of nitrogens with one attached hydrogen (secondary N) is 1. The van der Waals surface area contributed by atoms with E-state index in [1.54, 1.807) is 18.4 Å². The first-order chi connectivity index (χ1) is 14.2. The van der Waals surface area contributed by atoms with Crippen LogP contribution in [0.4, 0.5) is 5.13 Å². The smallest absolute Gasteiger partial charge is 0.223 e. The monoisotopic (exact) mass is 410 g/mol. The molecular formula is C22H26N4O2S. The van der Waals surface area contributed by atoms with Gasteiger partial charge < -0.3 is 15.0 Å². The summed E-state index contributed by atoms with van der Waals surface area (Å²) in [6.07, 6.45) is 2.71. The van der Waals surface area contributed by atoms with Gasteiger partial charge in [-0.1, -0.05) is 30.4 Å². The van der Waals surface area contributed by atoms with E-state index in [1.165, 1.54) is 0 Å². The molecule has 1 N–H and O–H groups in total. The normalized spacial score (nSPS) is 14.9. The summed E-state index contributed by atoms with van der Waals surface area (Å²) in [5.41, 5.74) is 2.86. The van der Waals surface area contributed by atoms with E-state index in [-0.39, 0.29) is 11.8 Å². The van der Waals surface area contributed by atoms with Crippen LogP contribution in [0.25, 0.3) is 21.6 Å². The molecule has 0 spiro atoms. The second kappa shape index (κ2) is 8.78. The van der Waals surface area contributed by atoms with Gasteiger partial charge in [0.05, 0.1) is 12.8 Å². The minimum Gasteiger partial charge on any atom is -0.497 e. The van der Waals surface area contributed by atoms with Gasteiger partial charge in [-0.05, 0) is 43.5 Å². The van der Waals surface area contributed by atoms with Crippen LogP contribution in [0.5, 0.6) is 5.75 Å². The summed E-state index contributed by atoms with van der Waals surface area (Å²) in [6.45, 7) is 4.54. The Morgan fingerprint density at radius 3 is 2.83 bits per heavy atom. The molecule has 29 heavy (non-hydrogen) atoms. The van der Waals surface area contributed by atoms with Gasteiger partial charge in [0.2, 0.25) is 5.91 Å². The van der Waals surface area contributed by atoms with Gasteiger partial charge in [-0.25, -0.2) is 9.97 Å². The number of ether oxygens (including phenoxy) is 1. The molecule has 0 atom stereocenters. The zero-order valence-electron chi connectivity index (χ0n) is 16.9. The summed E-state index contributed by atoms with van der Waals surface area (Å²) in [4.78, 5) is 25.0. The number of rotatable bonds is 6. The van der Waals surface area contributed by atoms with E-state index in [2.05, 4.69) is 17.1 Å². The number of carbonyl (C=O) groups is 1. The highest BCUT2D eigenvalue weighted by molar-refractivity contribution is 7.21. The van der Waals surface area contributed by atoms with Crippen LogP contribution in [0.2, 0.25) is 0 Å². The molecule has 2 aromatic heterocycles. The van der Waals surface area contributed by atoms with E-state index in [0.29, 0.717) is 0 Å². The molecule has 7 heteroatoms. The molecule has 1 amide bonds. The van der Waals surface area contributed by atoms with E-state index in [1.807, 2.05) is 36.4 Å². The highest BCUT2D eigenvalue weighted by Gasteiger charge is 2.26. The molecule has 1 fully saturated rings. The largest absolute Gasteiger partial charge is 0.497 e. The van der Waals surface area contributed by atoms with Crippen molar-refractivity contribution in [3.8, 4) is 17.0 Å². The molecule has 0 radical (unpaired) electrons. The zero-order valence-corrected chi connectivity index (χ0v) is 17.7. The number of hydrogen-bond acceptors (Lipinski definition) is 6. The van der Waals surface area contributed by atoms with Gasteiger partial charge in [0.1, 0.15) is 16.1 Å². The van der Waals surface area contributed by atoms with Gasteiger partial charge in [0, 0.05) is 31.1 Å². The van der Waals surface area contributed by atoms with E-state index < -0.39 is 0 Å². The van der Waals surface area contributed by atoms with Gasteiger partial charge in [-0.2, -0.15) is 0 Å². The third kappa shape index (κ3) is 4.34. The fourth-order valence-corrected chi connectivity index (χ4v) is 4.60. The molecule has 0 unspecified atom stereocenters. The van der Waals surface area contributed by atoms with Crippen molar-refractivity contribution in [2.75, 3.05) is 31.6 Å². The molecule has 0 aliphatic carbocycles. The van der Waals surface area contributed by atoms with Gasteiger partial charge in [0.25, 0.3) is 0 Å². The fourth-order valence-electron chi connectivity index (χ4n) is 3.61. The minimum absolute atomic E-state index is 0.116. The average molecular weight is 411 g/mol. The number of nitrogens with zero attached hydrogens (tertiary/aromatic N) is 3. The van der Waals surface area contributed by atoms with E-state index in [9.17, 15) is 4.79 Å². The predicted molar refractivity (Wildman–Crippen MR) is 118 cm³/mol. The Balaban J connectivity index is 1.48. The Kier molecular flexibility index (Phi) is 5.94. The molecule has 3 aromatic rings. The fraction of sp³-hybridized carbons (Fsp3) is 0.409. The molecule has 1 aliphatic heterocycles. The lowest BCUT2D eigenvalue weighted by Crippen LogP contribution is -2.40. The Morgan fingerprint density at radius 2 is 2.07 bits per heavy atom. The first-order valence-corrected chi connectivity index (χ1v) is 10.9.